The number of fused-ring (bicyclic) bond motifs is 5. The van der Waals surface area contributed by atoms with Crippen molar-refractivity contribution in [1.29, 1.82) is 0 Å². The van der Waals surface area contributed by atoms with Crippen molar-refractivity contribution < 1.29 is 14.6 Å². The van der Waals surface area contributed by atoms with Crippen LogP contribution in [-0.2, 0) is 9.53 Å². The normalized spacial score (nSPS) is 50.2. The maximum Gasteiger partial charge on any atom is 0.305 e. The molecule has 29 heavy (non-hydrogen) atoms. The Morgan fingerprint density at radius 2 is 1.79 bits per heavy atom. The summed E-state index contributed by atoms with van der Waals surface area (Å²) < 4.78 is 4.87. The Balaban J connectivity index is 1.53. The molecule has 0 saturated heterocycles. The maximum atomic E-state index is 11.7. The van der Waals surface area contributed by atoms with Crippen LogP contribution >= 0.6 is 0 Å². The van der Waals surface area contributed by atoms with Crippen molar-refractivity contribution in [2.45, 2.75) is 97.1 Å². The first kappa shape index (κ1) is 21.6. The van der Waals surface area contributed by atoms with E-state index in [1.165, 1.54) is 39.2 Å². The summed E-state index contributed by atoms with van der Waals surface area (Å²) in [6, 6.07) is 0.331. The summed E-state index contributed by atoms with van der Waals surface area (Å²) in [5, 5.41) is 11.3. The largest absolute Gasteiger partial charge is 0.469 e. The lowest BCUT2D eigenvalue weighted by Gasteiger charge is -2.62. The molecule has 4 aliphatic carbocycles. The van der Waals surface area contributed by atoms with E-state index in [9.17, 15) is 9.90 Å². The van der Waals surface area contributed by atoms with Gasteiger partial charge in [-0.1, -0.05) is 20.8 Å². The van der Waals surface area contributed by atoms with Crippen LogP contribution < -0.4 is 5.73 Å². The minimum Gasteiger partial charge on any atom is -0.469 e. The maximum absolute atomic E-state index is 11.7. The lowest BCUT2D eigenvalue weighted by atomic mass is 9.43. The first-order valence-corrected chi connectivity index (χ1v) is 12.2. The monoisotopic (exact) mass is 405 g/mol. The number of hydrogen-bond acceptors (Lipinski definition) is 4. The standard InChI is InChI=1S/C25H43NO3/c1-15(5-8-22(28)29-4)18-6-7-19-23-20(10-12-25(18,19)3)24(2)11-9-17(26)13-16(24)14-21(23)27/h15-21,23,27H,5-14,26H2,1-4H3. The number of carbonyl (C=O) groups excluding carboxylic acids is 1. The van der Waals surface area contributed by atoms with E-state index in [2.05, 4.69) is 20.8 Å². The first-order valence-electron chi connectivity index (χ1n) is 12.2. The molecule has 4 nitrogen and oxygen atoms in total. The van der Waals surface area contributed by atoms with Gasteiger partial charge in [0.2, 0.25) is 0 Å². The highest BCUT2D eigenvalue weighted by molar-refractivity contribution is 5.69. The van der Waals surface area contributed by atoms with Crippen LogP contribution in [0.4, 0.5) is 0 Å². The second-order valence-corrected chi connectivity index (χ2v) is 11.7. The first-order chi connectivity index (χ1) is 13.7. The third-order valence-corrected chi connectivity index (χ3v) is 10.5. The van der Waals surface area contributed by atoms with Crippen LogP contribution in [0, 0.1) is 46.3 Å². The molecular weight excluding hydrogens is 362 g/mol. The average molecular weight is 406 g/mol. The van der Waals surface area contributed by atoms with Gasteiger partial charge in [0.25, 0.3) is 0 Å². The fraction of sp³-hybridized carbons (Fsp3) is 0.960. The second-order valence-electron chi connectivity index (χ2n) is 11.7. The van der Waals surface area contributed by atoms with E-state index in [1.807, 2.05) is 0 Å². The molecule has 0 bridgehead atoms. The quantitative estimate of drug-likeness (QED) is 0.674. The summed E-state index contributed by atoms with van der Waals surface area (Å²) in [5.74, 6) is 3.47. The van der Waals surface area contributed by atoms with Crippen LogP contribution in [0.5, 0.6) is 0 Å². The number of ether oxygens (including phenoxy) is 1. The van der Waals surface area contributed by atoms with Gasteiger partial charge in [-0.15, -0.1) is 0 Å². The highest BCUT2D eigenvalue weighted by Crippen LogP contribution is 2.68. The van der Waals surface area contributed by atoms with Crippen molar-refractivity contribution in [1.82, 2.24) is 0 Å². The van der Waals surface area contributed by atoms with Crippen molar-refractivity contribution >= 4 is 5.97 Å². The molecule has 4 saturated carbocycles. The van der Waals surface area contributed by atoms with Crippen molar-refractivity contribution in [3.63, 3.8) is 0 Å². The summed E-state index contributed by atoms with van der Waals surface area (Å²) in [5.41, 5.74) is 7.00. The number of hydrogen-bond donors (Lipinski definition) is 2. The molecular formula is C25H43NO3. The fourth-order valence-corrected chi connectivity index (χ4v) is 8.88. The average Bonchev–Trinajstić information content (AvgIpc) is 3.04. The smallest absolute Gasteiger partial charge is 0.305 e. The van der Waals surface area contributed by atoms with Crippen LogP contribution in [0.15, 0.2) is 0 Å². The zero-order valence-corrected chi connectivity index (χ0v) is 19.0. The zero-order chi connectivity index (χ0) is 21.0. The van der Waals surface area contributed by atoms with E-state index >= 15 is 0 Å². The van der Waals surface area contributed by atoms with Crippen molar-refractivity contribution in [2.24, 2.45) is 52.1 Å². The summed E-state index contributed by atoms with van der Waals surface area (Å²) in [4.78, 5) is 11.7. The summed E-state index contributed by atoms with van der Waals surface area (Å²) in [6.07, 6.45) is 10.8. The highest BCUT2D eigenvalue weighted by atomic mass is 16.5. The molecule has 0 radical (unpaired) electrons. The molecule has 0 aromatic rings. The van der Waals surface area contributed by atoms with Gasteiger partial charge >= 0.3 is 5.97 Å². The van der Waals surface area contributed by atoms with Gasteiger partial charge in [0, 0.05) is 12.5 Å². The molecule has 10 unspecified atom stereocenters. The Labute approximate surface area is 177 Å². The number of aliphatic hydroxyl groups is 1. The Hall–Kier alpha value is -0.610. The van der Waals surface area contributed by atoms with Crippen molar-refractivity contribution in [2.75, 3.05) is 7.11 Å². The Bertz CT molecular complexity index is 623. The van der Waals surface area contributed by atoms with E-state index in [-0.39, 0.29) is 12.1 Å². The number of nitrogens with two attached hydrogens (primary N) is 1. The van der Waals surface area contributed by atoms with E-state index in [4.69, 9.17) is 10.5 Å². The summed E-state index contributed by atoms with van der Waals surface area (Å²) in [7, 11) is 1.48. The van der Waals surface area contributed by atoms with Gasteiger partial charge in [0.15, 0.2) is 0 Å². The number of rotatable bonds is 4. The molecule has 0 aromatic carbocycles. The number of carbonyl (C=O) groups is 1. The minimum absolute atomic E-state index is 0.0857. The van der Waals surface area contributed by atoms with E-state index in [1.54, 1.807) is 0 Å². The molecule has 4 aliphatic rings. The molecule has 4 heteroatoms. The molecule has 0 aliphatic heterocycles. The van der Waals surface area contributed by atoms with E-state index < -0.39 is 0 Å². The number of esters is 1. The van der Waals surface area contributed by atoms with Gasteiger partial charge in [-0.05, 0) is 104 Å². The minimum atomic E-state index is -0.155. The van der Waals surface area contributed by atoms with Gasteiger partial charge in [-0.25, -0.2) is 0 Å². The Morgan fingerprint density at radius 3 is 2.52 bits per heavy atom. The molecule has 4 rings (SSSR count). The predicted molar refractivity (Wildman–Crippen MR) is 115 cm³/mol. The lowest BCUT2D eigenvalue weighted by Crippen LogP contribution is -2.59. The Morgan fingerprint density at radius 1 is 1.10 bits per heavy atom. The van der Waals surface area contributed by atoms with Crippen LogP contribution in [0.1, 0.15) is 85.0 Å². The van der Waals surface area contributed by atoms with Gasteiger partial charge in [0.05, 0.1) is 13.2 Å². The SMILES string of the molecule is COC(=O)CCC(C)C1CCC2C3C(O)CC4CC(N)CCC4(C)C3CCC12C. The van der Waals surface area contributed by atoms with Gasteiger partial charge in [-0.3, -0.25) is 4.79 Å². The highest BCUT2D eigenvalue weighted by Gasteiger charge is 2.62. The fourth-order valence-electron chi connectivity index (χ4n) is 8.88. The van der Waals surface area contributed by atoms with E-state index in [0.29, 0.717) is 58.8 Å². The Kier molecular flexibility index (Phi) is 5.83. The van der Waals surface area contributed by atoms with Gasteiger partial charge in [0.1, 0.15) is 0 Å². The molecule has 0 heterocycles. The second kappa shape index (κ2) is 7.82. The van der Waals surface area contributed by atoms with Gasteiger partial charge in [-0.2, -0.15) is 0 Å². The molecule has 4 fully saturated rings. The predicted octanol–water partition coefficient (Wildman–Crippen LogP) is 4.53. The van der Waals surface area contributed by atoms with Crippen LogP contribution in [0.25, 0.3) is 0 Å². The van der Waals surface area contributed by atoms with Crippen molar-refractivity contribution in [3.8, 4) is 0 Å². The molecule has 0 spiro atoms. The number of aliphatic hydroxyl groups excluding tert-OH is 1. The third-order valence-electron chi connectivity index (χ3n) is 10.5. The van der Waals surface area contributed by atoms with Crippen molar-refractivity contribution in [3.05, 3.63) is 0 Å². The van der Waals surface area contributed by atoms with E-state index in [0.717, 1.165) is 25.7 Å². The lowest BCUT2D eigenvalue weighted by molar-refractivity contribution is -0.166. The van der Waals surface area contributed by atoms with Crippen LogP contribution in [0.2, 0.25) is 0 Å². The molecule has 3 N–H and O–H groups in total. The summed E-state index contributed by atoms with van der Waals surface area (Å²) in [6.45, 7) is 7.38. The molecule has 0 amide bonds. The zero-order valence-electron chi connectivity index (χ0n) is 19.0. The number of methoxy groups -OCH3 is 1. The van der Waals surface area contributed by atoms with Gasteiger partial charge < -0.3 is 15.6 Å². The molecule has 10 atom stereocenters. The molecule has 166 valence electrons. The third kappa shape index (κ3) is 3.46. The van der Waals surface area contributed by atoms with Crippen LogP contribution in [0.3, 0.4) is 0 Å². The van der Waals surface area contributed by atoms with Crippen LogP contribution in [-0.4, -0.2) is 30.3 Å². The topological polar surface area (TPSA) is 72.5 Å². The summed E-state index contributed by atoms with van der Waals surface area (Å²) >= 11 is 0. The molecule has 0 aromatic heterocycles.